The van der Waals surface area contributed by atoms with Gasteiger partial charge in [-0.25, -0.2) is 9.91 Å². The van der Waals surface area contributed by atoms with Gasteiger partial charge in [-0.15, -0.1) is 0 Å². The summed E-state index contributed by atoms with van der Waals surface area (Å²) in [6.07, 6.45) is 0. The summed E-state index contributed by atoms with van der Waals surface area (Å²) in [6.45, 7) is 0. The monoisotopic (exact) mass is 470 g/mol. The summed E-state index contributed by atoms with van der Waals surface area (Å²) in [4.78, 5) is 41.8. The van der Waals surface area contributed by atoms with Crippen molar-refractivity contribution in [1.82, 2.24) is 0 Å². The van der Waals surface area contributed by atoms with E-state index in [0.29, 0.717) is 28.6 Å². The van der Waals surface area contributed by atoms with E-state index in [0.717, 1.165) is 4.90 Å². The number of hydrogen-bond donors (Lipinski definition) is 1. The molecule has 3 aromatic carbocycles. The van der Waals surface area contributed by atoms with Gasteiger partial charge in [-0.1, -0.05) is 42.5 Å². The van der Waals surface area contributed by atoms with Crippen LogP contribution in [-0.2, 0) is 14.4 Å². The molecule has 3 amide bonds. The van der Waals surface area contributed by atoms with Crippen LogP contribution in [0.25, 0.3) is 0 Å². The van der Waals surface area contributed by atoms with Gasteiger partial charge in [0.25, 0.3) is 11.8 Å². The fraction of sp³-hybridized carbons (Fsp3) is 0.154. The van der Waals surface area contributed by atoms with Gasteiger partial charge in [0.15, 0.2) is 0 Å². The molecule has 2 aliphatic heterocycles. The van der Waals surface area contributed by atoms with E-state index >= 15 is 0 Å². The summed E-state index contributed by atoms with van der Waals surface area (Å²) in [5.74, 6) is -1.92. The van der Waals surface area contributed by atoms with E-state index in [4.69, 9.17) is 9.47 Å². The Morgan fingerprint density at radius 2 is 1.37 bits per heavy atom. The number of methoxy groups -OCH3 is 2. The molecule has 176 valence electrons. The summed E-state index contributed by atoms with van der Waals surface area (Å²) in [7, 11) is 2.97. The number of amides is 3. The number of ether oxygens (including phenoxy) is 2. The maximum Gasteiger partial charge on any atom is 0.272 e. The zero-order chi connectivity index (χ0) is 24.5. The maximum absolute atomic E-state index is 13.7. The second-order valence-electron chi connectivity index (χ2n) is 7.93. The molecule has 0 unspecified atom stereocenters. The van der Waals surface area contributed by atoms with Gasteiger partial charge >= 0.3 is 0 Å². The van der Waals surface area contributed by atoms with Crippen molar-refractivity contribution < 1.29 is 23.9 Å². The summed E-state index contributed by atoms with van der Waals surface area (Å²) in [6, 6.07) is 21.5. The number of benzene rings is 3. The van der Waals surface area contributed by atoms with E-state index in [1.165, 1.54) is 19.2 Å². The first-order chi connectivity index (χ1) is 17.0. The molecular weight excluding hydrogens is 448 g/mol. The zero-order valence-electron chi connectivity index (χ0n) is 19.0. The van der Waals surface area contributed by atoms with Crippen LogP contribution in [0.2, 0.25) is 0 Å². The van der Waals surface area contributed by atoms with Crippen molar-refractivity contribution in [1.29, 1.82) is 0 Å². The number of para-hydroxylation sites is 5. The van der Waals surface area contributed by atoms with Crippen LogP contribution in [0.1, 0.15) is 0 Å². The summed E-state index contributed by atoms with van der Waals surface area (Å²) in [5.41, 5.74) is 1.27. The Kier molecular flexibility index (Phi) is 5.66. The molecule has 1 N–H and O–H groups in total. The lowest BCUT2D eigenvalue weighted by molar-refractivity contribution is -0.122. The average molecular weight is 470 g/mol. The number of nitrogens with zero attached hydrogens (tertiary/aromatic N) is 3. The van der Waals surface area contributed by atoms with Crippen molar-refractivity contribution in [2.45, 2.75) is 6.04 Å². The molecule has 2 aliphatic rings. The van der Waals surface area contributed by atoms with Gasteiger partial charge in [0, 0.05) is 5.69 Å². The normalized spacial score (nSPS) is 18.9. The minimum Gasteiger partial charge on any atom is -0.495 e. The minimum absolute atomic E-state index is 0.0551. The fourth-order valence-electron chi connectivity index (χ4n) is 4.39. The number of rotatable bonds is 6. The molecule has 1 saturated heterocycles. The minimum atomic E-state index is -1.11. The van der Waals surface area contributed by atoms with Gasteiger partial charge in [0.1, 0.15) is 34.9 Å². The van der Waals surface area contributed by atoms with E-state index in [2.05, 4.69) is 10.4 Å². The van der Waals surface area contributed by atoms with Gasteiger partial charge in [0.05, 0.1) is 19.9 Å². The molecule has 0 aliphatic carbocycles. The van der Waals surface area contributed by atoms with Crippen LogP contribution in [0.4, 0.5) is 17.1 Å². The van der Waals surface area contributed by atoms with Crippen molar-refractivity contribution >= 4 is 40.5 Å². The van der Waals surface area contributed by atoms with Crippen LogP contribution in [0.15, 0.2) is 84.0 Å². The van der Waals surface area contributed by atoms with E-state index in [1.54, 1.807) is 72.8 Å². The number of hydrogen-bond acceptors (Lipinski definition) is 7. The van der Waals surface area contributed by atoms with Crippen LogP contribution < -0.4 is 24.7 Å². The van der Waals surface area contributed by atoms with Crippen LogP contribution in [0.5, 0.6) is 11.5 Å². The molecule has 0 spiro atoms. The van der Waals surface area contributed by atoms with Crippen molar-refractivity contribution in [3.05, 3.63) is 78.9 Å². The maximum atomic E-state index is 13.7. The summed E-state index contributed by atoms with van der Waals surface area (Å²) in [5, 5.41) is 8.65. The molecule has 5 rings (SSSR count). The predicted octanol–water partition coefficient (Wildman–Crippen LogP) is 3.08. The van der Waals surface area contributed by atoms with Crippen molar-refractivity contribution in [3.8, 4) is 11.5 Å². The first kappa shape index (κ1) is 22.1. The lowest BCUT2D eigenvalue weighted by Crippen LogP contribution is -2.39. The quantitative estimate of drug-likeness (QED) is 0.556. The Bertz CT molecular complexity index is 1340. The molecular formula is C26H22N4O5. The second-order valence-corrected chi connectivity index (χ2v) is 7.93. The van der Waals surface area contributed by atoms with Gasteiger partial charge in [-0.05, 0) is 36.4 Å². The number of nitrogens with one attached hydrogen (secondary N) is 1. The number of hydrazone groups is 1. The molecule has 9 heteroatoms. The number of fused-ring (bicyclic) bond motifs is 1. The van der Waals surface area contributed by atoms with Crippen LogP contribution in [0, 0.1) is 5.92 Å². The van der Waals surface area contributed by atoms with Crippen LogP contribution in [0.3, 0.4) is 0 Å². The fourth-order valence-corrected chi connectivity index (χ4v) is 4.39. The van der Waals surface area contributed by atoms with E-state index in [9.17, 15) is 14.4 Å². The molecule has 3 aromatic rings. The van der Waals surface area contributed by atoms with Crippen molar-refractivity contribution in [2.24, 2.45) is 11.0 Å². The summed E-state index contributed by atoms with van der Waals surface area (Å²) >= 11 is 0. The summed E-state index contributed by atoms with van der Waals surface area (Å²) < 4.78 is 10.9. The highest BCUT2D eigenvalue weighted by Crippen LogP contribution is 2.42. The smallest absolute Gasteiger partial charge is 0.272 e. The zero-order valence-corrected chi connectivity index (χ0v) is 19.0. The van der Waals surface area contributed by atoms with Crippen molar-refractivity contribution in [3.63, 3.8) is 0 Å². The third kappa shape index (κ3) is 3.67. The molecule has 0 aromatic heterocycles. The Labute approximate surface area is 201 Å². The first-order valence-electron chi connectivity index (χ1n) is 10.9. The first-order valence-corrected chi connectivity index (χ1v) is 10.9. The van der Waals surface area contributed by atoms with Gasteiger partial charge in [0.2, 0.25) is 5.91 Å². The van der Waals surface area contributed by atoms with Crippen LogP contribution >= 0.6 is 0 Å². The Hall–Kier alpha value is -4.66. The molecule has 0 radical (unpaired) electrons. The molecule has 0 bridgehead atoms. The Morgan fingerprint density at radius 1 is 0.800 bits per heavy atom. The molecule has 2 heterocycles. The SMILES string of the molecule is COc1ccccc1N1C(=O)[C@H]2C(C(=O)Nc3ccccc3)=NN(c3ccccc3OC)[C@@H]2C1=O. The number of imide groups is 1. The highest BCUT2D eigenvalue weighted by Gasteiger charge is 2.59. The van der Waals surface area contributed by atoms with Gasteiger partial charge < -0.3 is 14.8 Å². The van der Waals surface area contributed by atoms with Crippen molar-refractivity contribution in [2.75, 3.05) is 29.4 Å². The highest BCUT2D eigenvalue weighted by molar-refractivity contribution is 6.51. The number of carbonyl (C=O) groups is 3. The third-order valence-electron chi connectivity index (χ3n) is 5.97. The third-order valence-corrected chi connectivity index (χ3v) is 5.97. The molecule has 2 atom stereocenters. The molecule has 35 heavy (non-hydrogen) atoms. The van der Waals surface area contributed by atoms with E-state index in [1.807, 2.05) is 6.07 Å². The van der Waals surface area contributed by atoms with Gasteiger partial charge in [-0.3, -0.25) is 14.4 Å². The lowest BCUT2D eigenvalue weighted by Gasteiger charge is -2.24. The number of anilines is 3. The Morgan fingerprint density at radius 3 is 2.03 bits per heavy atom. The van der Waals surface area contributed by atoms with Gasteiger partial charge in [-0.2, -0.15) is 5.10 Å². The Balaban J connectivity index is 1.60. The van der Waals surface area contributed by atoms with Crippen LogP contribution in [-0.4, -0.2) is 43.7 Å². The molecule has 1 fully saturated rings. The topological polar surface area (TPSA) is 101 Å². The van der Waals surface area contributed by atoms with E-state index in [-0.39, 0.29) is 5.71 Å². The largest absolute Gasteiger partial charge is 0.495 e. The predicted molar refractivity (Wildman–Crippen MR) is 131 cm³/mol. The number of carbonyl (C=O) groups excluding carboxylic acids is 3. The molecule has 9 nitrogen and oxygen atoms in total. The average Bonchev–Trinajstić information content (AvgIpc) is 3.41. The second kappa shape index (κ2) is 8.94. The lowest BCUT2D eigenvalue weighted by atomic mass is 9.97. The van der Waals surface area contributed by atoms with E-state index < -0.39 is 29.7 Å². The standard InChI is InChI=1S/C26H22N4O5/c1-34-19-14-8-6-12-17(19)29-25(32)21-22(24(31)27-16-10-4-3-5-11-16)28-30(23(21)26(29)33)18-13-7-9-15-20(18)35-2/h3-15,21,23H,1-2H3,(H,27,31)/t21-,23-/m0/s1. The highest BCUT2D eigenvalue weighted by atomic mass is 16.5. The molecule has 0 saturated carbocycles.